The van der Waals surface area contributed by atoms with Crippen LogP contribution in [0.1, 0.15) is 47.3 Å². The molecule has 0 bridgehead atoms. The molecule has 0 saturated heterocycles. The molecule has 0 aliphatic rings. The van der Waals surface area contributed by atoms with E-state index in [0.717, 1.165) is 28.9 Å². The maximum atomic E-state index is 13.0. The van der Waals surface area contributed by atoms with Gasteiger partial charge >= 0.3 is 0 Å². The summed E-state index contributed by atoms with van der Waals surface area (Å²) in [7, 11) is 4.03. The van der Waals surface area contributed by atoms with Crippen LogP contribution in [-0.4, -0.2) is 36.9 Å². The van der Waals surface area contributed by atoms with E-state index >= 15 is 0 Å². The number of amides is 2. The average molecular weight is 396 g/mol. The molecular formula is C24H33N3O2. The number of carbonyl (C=O) groups is 2. The summed E-state index contributed by atoms with van der Waals surface area (Å²) in [5.41, 5.74) is 4.46. The molecule has 0 aliphatic heterocycles. The van der Waals surface area contributed by atoms with Crippen LogP contribution >= 0.6 is 0 Å². The second-order valence-corrected chi connectivity index (χ2v) is 8.40. The summed E-state index contributed by atoms with van der Waals surface area (Å²) >= 11 is 0. The summed E-state index contributed by atoms with van der Waals surface area (Å²) in [4.78, 5) is 27.8. The topological polar surface area (TPSA) is 61.4 Å². The van der Waals surface area contributed by atoms with Gasteiger partial charge in [-0.05, 0) is 75.2 Å². The van der Waals surface area contributed by atoms with Crippen LogP contribution in [0.5, 0.6) is 0 Å². The lowest BCUT2D eigenvalue weighted by Crippen LogP contribution is -2.44. The second kappa shape index (κ2) is 10.2. The number of anilines is 1. The number of nitrogens with zero attached hydrogens (tertiary/aromatic N) is 1. The van der Waals surface area contributed by atoms with Gasteiger partial charge in [-0.1, -0.05) is 38.1 Å². The van der Waals surface area contributed by atoms with Crippen LogP contribution < -0.4 is 10.6 Å². The Hall–Kier alpha value is -2.66. The molecule has 0 aromatic heterocycles. The molecule has 0 aliphatic carbocycles. The maximum absolute atomic E-state index is 13.0. The molecule has 5 heteroatoms. The second-order valence-electron chi connectivity index (χ2n) is 8.40. The first-order valence-corrected chi connectivity index (χ1v) is 10.1. The van der Waals surface area contributed by atoms with Gasteiger partial charge in [0.2, 0.25) is 5.91 Å². The minimum Gasteiger partial charge on any atom is -0.340 e. The van der Waals surface area contributed by atoms with Crippen molar-refractivity contribution in [3.05, 3.63) is 64.7 Å². The number of rotatable bonds is 8. The fourth-order valence-corrected chi connectivity index (χ4v) is 3.39. The molecule has 0 radical (unpaired) electrons. The Morgan fingerprint density at radius 3 is 2.34 bits per heavy atom. The molecule has 2 rings (SSSR count). The zero-order chi connectivity index (χ0) is 21.6. The van der Waals surface area contributed by atoms with Gasteiger partial charge in [0.1, 0.15) is 6.04 Å². The predicted octanol–water partition coefficient (Wildman–Crippen LogP) is 4.15. The molecule has 2 aromatic carbocycles. The molecular weight excluding hydrogens is 362 g/mol. The standard InChI is InChI=1S/C24H33N3O2/c1-16(2)11-22(26-23(28)21-10-8-7-9-18(21)4)24(29)25-20-13-17(3)12-19(14-20)15-27(5)6/h7-10,12-14,16,22H,11,15H2,1-6H3,(H,25,29)(H,26,28). The van der Waals surface area contributed by atoms with Crippen molar-refractivity contribution in [2.45, 2.75) is 46.7 Å². The third-order valence-electron chi connectivity index (χ3n) is 4.62. The zero-order valence-corrected chi connectivity index (χ0v) is 18.4. The number of aryl methyl sites for hydroxylation is 2. The van der Waals surface area contributed by atoms with Crippen molar-refractivity contribution < 1.29 is 9.59 Å². The highest BCUT2D eigenvalue weighted by atomic mass is 16.2. The van der Waals surface area contributed by atoms with Gasteiger partial charge in [0.15, 0.2) is 0 Å². The number of hydrogen-bond acceptors (Lipinski definition) is 3. The van der Waals surface area contributed by atoms with E-state index in [9.17, 15) is 9.59 Å². The third-order valence-corrected chi connectivity index (χ3v) is 4.62. The van der Waals surface area contributed by atoms with Crippen LogP contribution in [0.2, 0.25) is 0 Å². The number of nitrogens with one attached hydrogen (secondary N) is 2. The van der Waals surface area contributed by atoms with E-state index in [1.807, 2.05) is 72.1 Å². The number of carbonyl (C=O) groups excluding carboxylic acids is 2. The van der Waals surface area contributed by atoms with Gasteiger partial charge in [0.05, 0.1) is 0 Å². The minimum absolute atomic E-state index is 0.193. The SMILES string of the molecule is Cc1cc(CN(C)C)cc(NC(=O)C(CC(C)C)NC(=O)c2ccccc2C)c1. The lowest BCUT2D eigenvalue weighted by Gasteiger charge is -2.21. The molecule has 5 nitrogen and oxygen atoms in total. The molecule has 1 unspecified atom stereocenters. The van der Waals surface area contributed by atoms with E-state index in [4.69, 9.17) is 0 Å². The van der Waals surface area contributed by atoms with Crippen LogP contribution in [0, 0.1) is 19.8 Å². The number of benzene rings is 2. The van der Waals surface area contributed by atoms with Crippen LogP contribution in [-0.2, 0) is 11.3 Å². The van der Waals surface area contributed by atoms with Crippen molar-refractivity contribution in [3.63, 3.8) is 0 Å². The number of hydrogen-bond donors (Lipinski definition) is 2. The van der Waals surface area contributed by atoms with Crippen LogP contribution in [0.4, 0.5) is 5.69 Å². The summed E-state index contributed by atoms with van der Waals surface area (Å²) in [6.07, 6.45) is 0.569. The van der Waals surface area contributed by atoms with E-state index in [1.165, 1.54) is 0 Å². The molecule has 0 heterocycles. The van der Waals surface area contributed by atoms with Gasteiger partial charge in [0, 0.05) is 17.8 Å². The van der Waals surface area contributed by atoms with E-state index in [2.05, 4.69) is 21.6 Å². The van der Waals surface area contributed by atoms with Gasteiger partial charge in [-0.15, -0.1) is 0 Å². The van der Waals surface area contributed by atoms with Gasteiger partial charge in [-0.25, -0.2) is 0 Å². The molecule has 1 atom stereocenters. The molecule has 0 spiro atoms. The maximum Gasteiger partial charge on any atom is 0.252 e. The van der Waals surface area contributed by atoms with Gasteiger partial charge in [-0.2, -0.15) is 0 Å². The van der Waals surface area contributed by atoms with Gasteiger partial charge in [0.25, 0.3) is 5.91 Å². The Balaban J connectivity index is 2.18. The van der Waals surface area contributed by atoms with Gasteiger partial charge in [-0.3, -0.25) is 9.59 Å². The van der Waals surface area contributed by atoms with Crippen molar-refractivity contribution in [2.24, 2.45) is 5.92 Å². The normalized spacial score (nSPS) is 12.1. The zero-order valence-electron chi connectivity index (χ0n) is 18.4. The smallest absolute Gasteiger partial charge is 0.252 e. The van der Waals surface area contributed by atoms with E-state index in [1.54, 1.807) is 6.07 Å². The quantitative estimate of drug-likeness (QED) is 0.706. The Kier molecular flexibility index (Phi) is 7.97. The highest BCUT2D eigenvalue weighted by Crippen LogP contribution is 2.17. The van der Waals surface area contributed by atoms with E-state index in [0.29, 0.717) is 12.0 Å². The molecule has 0 saturated carbocycles. The molecule has 156 valence electrons. The highest BCUT2D eigenvalue weighted by molar-refractivity contribution is 6.01. The van der Waals surface area contributed by atoms with Crippen molar-refractivity contribution in [3.8, 4) is 0 Å². The van der Waals surface area contributed by atoms with Crippen LogP contribution in [0.15, 0.2) is 42.5 Å². The summed E-state index contributed by atoms with van der Waals surface area (Å²) in [6, 6.07) is 12.9. The fraction of sp³-hybridized carbons (Fsp3) is 0.417. The van der Waals surface area contributed by atoms with Gasteiger partial charge < -0.3 is 15.5 Å². The predicted molar refractivity (Wildman–Crippen MR) is 119 cm³/mol. The van der Waals surface area contributed by atoms with Crippen molar-refractivity contribution in [1.29, 1.82) is 0 Å². The van der Waals surface area contributed by atoms with Crippen molar-refractivity contribution in [1.82, 2.24) is 10.2 Å². The summed E-state index contributed by atoms with van der Waals surface area (Å²) in [5, 5.41) is 5.93. The van der Waals surface area contributed by atoms with Crippen LogP contribution in [0.25, 0.3) is 0 Å². The minimum atomic E-state index is -0.597. The first kappa shape index (κ1) is 22.6. The first-order valence-electron chi connectivity index (χ1n) is 10.1. The lowest BCUT2D eigenvalue weighted by atomic mass is 10.0. The lowest BCUT2D eigenvalue weighted by molar-refractivity contribution is -0.118. The highest BCUT2D eigenvalue weighted by Gasteiger charge is 2.23. The molecule has 2 amide bonds. The molecule has 2 N–H and O–H groups in total. The van der Waals surface area contributed by atoms with Crippen LogP contribution in [0.3, 0.4) is 0 Å². The van der Waals surface area contributed by atoms with Crippen molar-refractivity contribution >= 4 is 17.5 Å². The Morgan fingerprint density at radius 2 is 1.72 bits per heavy atom. The molecule has 2 aromatic rings. The summed E-state index contributed by atoms with van der Waals surface area (Å²) in [5.74, 6) is -0.145. The van der Waals surface area contributed by atoms with E-state index < -0.39 is 6.04 Å². The summed E-state index contributed by atoms with van der Waals surface area (Å²) < 4.78 is 0. The average Bonchev–Trinajstić information content (AvgIpc) is 2.59. The Bertz CT molecular complexity index is 859. The summed E-state index contributed by atoms with van der Waals surface area (Å²) in [6.45, 7) is 8.79. The molecule has 29 heavy (non-hydrogen) atoms. The molecule has 0 fully saturated rings. The first-order chi connectivity index (χ1) is 13.7. The third kappa shape index (κ3) is 7.02. The Morgan fingerprint density at radius 1 is 1.03 bits per heavy atom. The largest absolute Gasteiger partial charge is 0.340 e. The monoisotopic (exact) mass is 395 g/mol. The van der Waals surface area contributed by atoms with Crippen molar-refractivity contribution in [2.75, 3.05) is 19.4 Å². The van der Waals surface area contributed by atoms with E-state index in [-0.39, 0.29) is 17.7 Å². The Labute approximate surface area is 174 Å². The fourth-order valence-electron chi connectivity index (χ4n) is 3.39.